The molecule has 0 heterocycles. The summed E-state index contributed by atoms with van der Waals surface area (Å²) in [7, 11) is -1.87. The van der Waals surface area contributed by atoms with Crippen molar-refractivity contribution in [3.63, 3.8) is 0 Å². The molecule has 3 nitrogen and oxygen atoms in total. The molecule has 0 amide bonds. The third kappa shape index (κ3) is 3.24. The molecule has 0 aliphatic rings. The molecule has 0 saturated heterocycles. The van der Waals surface area contributed by atoms with Gasteiger partial charge in [0.2, 0.25) is 10.0 Å². The molecule has 0 spiro atoms. The maximum Gasteiger partial charge on any atom is 0.215 e. The lowest BCUT2D eigenvalue weighted by Gasteiger charge is -2.05. The SMILES string of the molecule is CNS(=O)(=O)Cc1cc(Cl)ccc1Br. The van der Waals surface area contributed by atoms with Crippen LogP contribution in [-0.2, 0) is 15.8 Å². The van der Waals surface area contributed by atoms with Crippen LogP contribution in [0.4, 0.5) is 0 Å². The molecule has 14 heavy (non-hydrogen) atoms. The normalized spacial score (nSPS) is 11.6. The zero-order chi connectivity index (χ0) is 10.8. The second-order valence-corrected chi connectivity index (χ2v) is 5.92. The summed E-state index contributed by atoms with van der Waals surface area (Å²) in [6.07, 6.45) is 0. The summed E-state index contributed by atoms with van der Waals surface area (Å²) in [5.74, 6) is -0.0787. The molecule has 0 bridgehead atoms. The van der Waals surface area contributed by atoms with Crippen molar-refractivity contribution in [1.82, 2.24) is 4.72 Å². The van der Waals surface area contributed by atoms with E-state index in [2.05, 4.69) is 20.7 Å². The van der Waals surface area contributed by atoms with E-state index < -0.39 is 10.0 Å². The Morgan fingerprint density at radius 1 is 1.50 bits per heavy atom. The van der Waals surface area contributed by atoms with Crippen LogP contribution >= 0.6 is 27.5 Å². The van der Waals surface area contributed by atoms with Crippen LogP contribution in [0.1, 0.15) is 5.56 Å². The molecule has 0 aliphatic carbocycles. The van der Waals surface area contributed by atoms with Crippen LogP contribution in [0.3, 0.4) is 0 Å². The van der Waals surface area contributed by atoms with E-state index in [1.165, 1.54) is 7.05 Å². The van der Waals surface area contributed by atoms with Gasteiger partial charge in [0.15, 0.2) is 0 Å². The van der Waals surface area contributed by atoms with Crippen LogP contribution in [0.25, 0.3) is 0 Å². The maximum absolute atomic E-state index is 11.3. The van der Waals surface area contributed by atoms with E-state index in [0.717, 1.165) is 4.47 Å². The topological polar surface area (TPSA) is 46.2 Å². The number of halogens is 2. The fraction of sp³-hybridized carbons (Fsp3) is 0.250. The molecule has 0 radical (unpaired) electrons. The van der Waals surface area contributed by atoms with E-state index >= 15 is 0 Å². The molecule has 0 aliphatic heterocycles. The lowest BCUT2D eigenvalue weighted by atomic mass is 10.2. The number of hydrogen-bond donors (Lipinski definition) is 1. The molecular formula is C8H9BrClNO2S. The quantitative estimate of drug-likeness (QED) is 0.929. The van der Waals surface area contributed by atoms with E-state index in [-0.39, 0.29) is 5.75 Å². The second kappa shape index (κ2) is 4.61. The van der Waals surface area contributed by atoms with Crippen LogP contribution in [0.2, 0.25) is 5.02 Å². The third-order valence-electron chi connectivity index (χ3n) is 1.66. The van der Waals surface area contributed by atoms with Gasteiger partial charge < -0.3 is 0 Å². The van der Waals surface area contributed by atoms with Gasteiger partial charge in [-0.25, -0.2) is 13.1 Å². The van der Waals surface area contributed by atoms with Gasteiger partial charge in [0, 0.05) is 9.50 Å². The highest BCUT2D eigenvalue weighted by Gasteiger charge is 2.11. The van der Waals surface area contributed by atoms with E-state index in [0.29, 0.717) is 10.6 Å². The van der Waals surface area contributed by atoms with Gasteiger partial charge in [0.05, 0.1) is 5.75 Å². The Morgan fingerprint density at radius 3 is 2.71 bits per heavy atom. The van der Waals surface area contributed by atoms with Gasteiger partial charge in [-0.1, -0.05) is 27.5 Å². The van der Waals surface area contributed by atoms with Crippen LogP contribution in [0.15, 0.2) is 22.7 Å². The van der Waals surface area contributed by atoms with Gasteiger partial charge in [0.1, 0.15) is 0 Å². The minimum absolute atomic E-state index is 0.0787. The highest BCUT2D eigenvalue weighted by Crippen LogP contribution is 2.22. The summed E-state index contributed by atoms with van der Waals surface area (Å²) in [6, 6.07) is 5.05. The lowest BCUT2D eigenvalue weighted by Crippen LogP contribution is -2.20. The Bertz CT molecular complexity index is 433. The fourth-order valence-electron chi connectivity index (χ4n) is 0.931. The highest BCUT2D eigenvalue weighted by molar-refractivity contribution is 9.10. The Kier molecular flexibility index (Phi) is 3.94. The molecule has 0 saturated carbocycles. The van der Waals surface area contributed by atoms with Crippen LogP contribution in [0.5, 0.6) is 0 Å². The Hall–Kier alpha value is -0.100. The summed E-state index contributed by atoms with van der Waals surface area (Å²) in [4.78, 5) is 0. The minimum Gasteiger partial charge on any atom is -0.218 e. The monoisotopic (exact) mass is 297 g/mol. The first kappa shape index (κ1) is 12.0. The summed E-state index contributed by atoms with van der Waals surface area (Å²) >= 11 is 9.01. The Labute approximate surface area is 96.6 Å². The van der Waals surface area contributed by atoms with E-state index in [1.807, 2.05) is 0 Å². The first-order valence-corrected chi connectivity index (χ1v) is 6.62. The maximum atomic E-state index is 11.3. The van der Waals surface area contributed by atoms with Crippen molar-refractivity contribution in [2.45, 2.75) is 5.75 Å². The third-order valence-corrected chi connectivity index (χ3v) is 3.99. The average molecular weight is 299 g/mol. The van der Waals surface area contributed by atoms with Gasteiger partial charge in [-0.3, -0.25) is 0 Å². The van der Waals surface area contributed by atoms with Crippen LogP contribution < -0.4 is 4.72 Å². The summed E-state index contributed by atoms with van der Waals surface area (Å²) < 4.78 is 25.5. The van der Waals surface area contributed by atoms with Crippen molar-refractivity contribution in [3.8, 4) is 0 Å². The van der Waals surface area contributed by atoms with Crippen molar-refractivity contribution in [1.29, 1.82) is 0 Å². The van der Waals surface area contributed by atoms with Crippen molar-refractivity contribution in [2.24, 2.45) is 0 Å². The predicted octanol–water partition coefficient (Wildman–Crippen LogP) is 2.15. The second-order valence-electron chi connectivity index (χ2n) is 2.70. The Morgan fingerprint density at radius 2 is 2.14 bits per heavy atom. The molecule has 0 unspecified atom stereocenters. The van der Waals surface area contributed by atoms with Gasteiger partial charge in [-0.05, 0) is 30.8 Å². The van der Waals surface area contributed by atoms with Crippen molar-refractivity contribution in [2.75, 3.05) is 7.05 Å². The first-order valence-electron chi connectivity index (χ1n) is 3.80. The molecule has 1 N–H and O–H groups in total. The average Bonchev–Trinajstić information content (AvgIpc) is 2.11. The van der Waals surface area contributed by atoms with Crippen molar-refractivity contribution in [3.05, 3.63) is 33.3 Å². The lowest BCUT2D eigenvalue weighted by molar-refractivity contribution is 0.587. The number of sulfonamides is 1. The zero-order valence-corrected chi connectivity index (χ0v) is 10.6. The number of nitrogens with one attached hydrogen (secondary N) is 1. The molecule has 1 aromatic rings. The molecular weight excluding hydrogens is 290 g/mol. The molecule has 6 heteroatoms. The molecule has 0 aromatic heterocycles. The molecule has 0 fully saturated rings. The largest absolute Gasteiger partial charge is 0.218 e. The molecule has 78 valence electrons. The number of rotatable bonds is 3. The van der Waals surface area contributed by atoms with E-state index in [9.17, 15) is 8.42 Å². The van der Waals surface area contributed by atoms with Crippen LogP contribution in [0, 0.1) is 0 Å². The molecule has 1 aromatic carbocycles. The smallest absolute Gasteiger partial charge is 0.215 e. The highest BCUT2D eigenvalue weighted by atomic mass is 79.9. The minimum atomic E-state index is -3.25. The van der Waals surface area contributed by atoms with E-state index in [4.69, 9.17) is 11.6 Å². The molecule has 0 atom stereocenters. The number of hydrogen-bond acceptors (Lipinski definition) is 2. The summed E-state index contributed by atoms with van der Waals surface area (Å²) in [5.41, 5.74) is 0.645. The van der Waals surface area contributed by atoms with Gasteiger partial charge in [0.25, 0.3) is 0 Å². The molecule has 1 rings (SSSR count). The first-order chi connectivity index (χ1) is 6.44. The fourth-order valence-corrected chi connectivity index (χ4v) is 2.49. The standard InChI is InChI=1S/C8H9BrClNO2S/c1-11-14(12,13)5-6-4-7(10)2-3-8(6)9/h2-4,11H,5H2,1H3. The van der Waals surface area contributed by atoms with Crippen molar-refractivity contribution < 1.29 is 8.42 Å². The predicted molar refractivity (Wildman–Crippen MR) is 60.8 cm³/mol. The summed E-state index contributed by atoms with van der Waals surface area (Å²) in [6.45, 7) is 0. The van der Waals surface area contributed by atoms with Gasteiger partial charge >= 0.3 is 0 Å². The summed E-state index contributed by atoms with van der Waals surface area (Å²) in [5, 5.41) is 0.523. The van der Waals surface area contributed by atoms with Crippen molar-refractivity contribution >= 4 is 37.6 Å². The van der Waals surface area contributed by atoms with Gasteiger partial charge in [-0.15, -0.1) is 0 Å². The van der Waals surface area contributed by atoms with E-state index in [1.54, 1.807) is 18.2 Å². The zero-order valence-electron chi connectivity index (χ0n) is 7.42. The Balaban J connectivity index is 3.03. The van der Waals surface area contributed by atoms with Gasteiger partial charge in [-0.2, -0.15) is 0 Å². The number of benzene rings is 1. The van der Waals surface area contributed by atoms with Crippen LogP contribution in [-0.4, -0.2) is 15.5 Å².